The van der Waals surface area contributed by atoms with Gasteiger partial charge in [-0.2, -0.15) is 0 Å². The minimum absolute atomic E-state index is 0. The van der Waals surface area contributed by atoms with E-state index in [1.165, 1.54) is 5.56 Å². The van der Waals surface area contributed by atoms with Crippen LogP contribution in [0.4, 0.5) is 0 Å². The monoisotopic (exact) mass is 285 g/mol. The van der Waals surface area contributed by atoms with E-state index < -0.39 is 0 Å². The molecule has 7 heteroatoms. The summed E-state index contributed by atoms with van der Waals surface area (Å²) in [6, 6.07) is 10.4. The molecule has 18 heavy (non-hydrogen) atoms. The number of benzene rings is 1. The SMILES string of the molecule is Cl.Cn1nnnc1SCCNCc1ccccc1. The van der Waals surface area contributed by atoms with E-state index >= 15 is 0 Å². The fraction of sp³-hybridized carbons (Fsp3) is 0.364. The number of hydrogen-bond donors (Lipinski definition) is 1. The molecule has 0 fully saturated rings. The van der Waals surface area contributed by atoms with Crippen LogP contribution in [-0.4, -0.2) is 32.5 Å². The van der Waals surface area contributed by atoms with Crippen LogP contribution in [0.5, 0.6) is 0 Å². The lowest BCUT2D eigenvalue weighted by atomic mass is 10.2. The lowest BCUT2D eigenvalue weighted by Crippen LogP contribution is -2.16. The minimum atomic E-state index is 0. The maximum atomic E-state index is 3.91. The molecule has 1 N–H and O–H groups in total. The molecule has 0 spiro atoms. The maximum Gasteiger partial charge on any atom is 0.209 e. The van der Waals surface area contributed by atoms with Crippen LogP contribution in [0.15, 0.2) is 35.5 Å². The lowest BCUT2D eigenvalue weighted by Gasteiger charge is -2.03. The van der Waals surface area contributed by atoms with Gasteiger partial charge in [0.15, 0.2) is 0 Å². The van der Waals surface area contributed by atoms with Crippen LogP contribution >= 0.6 is 24.2 Å². The Labute approximate surface area is 117 Å². The van der Waals surface area contributed by atoms with Crippen LogP contribution in [-0.2, 0) is 13.6 Å². The molecule has 0 bridgehead atoms. The third-order valence-corrected chi connectivity index (χ3v) is 3.28. The highest BCUT2D eigenvalue weighted by Gasteiger charge is 2.01. The van der Waals surface area contributed by atoms with Crippen molar-refractivity contribution >= 4 is 24.2 Å². The quantitative estimate of drug-likeness (QED) is 0.644. The Kier molecular flexibility index (Phi) is 6.70. The summed E-state index contributed by atoms with van der Waals surface area (Å²) in [6.45, 7) is 1.84. The van der Waals surface area contributed by atoms with Crippen LogP contribution < -0.4 is 5.32 Å². The molecule has 5 nitrogen and oxygen atoms in total. The van der Waals surface area contributed by atoms with Gasteiger partial charge in [-0.3, -0.25) is 0 Å². The molecule has 0 unspecified atom stereocenters. The molecule has 0 aliphatic heterocycles. The normalized spacial score (nSPS) is 10.1. The Balaban J connectivity index is 0.00000162. The zero-order valence-electron chi connectivity index (χ0n) is 10.1. The number of nitrogens with one attached hydrogen (secondary N) is 1. The van der Waals surface area contributed by atoms with Gasteiger partial charge in [-0.05, 0) is 16.0 Å². The number of nitrogens with zero attached hydrogens (tertiary/aromatic N) is 4. The first kappa shape index (κ1) is 14.9. The summed E-state index contributed by atoms with van der Waals surface area (Å²) in [6.07, 6.45) is 0. The summed E-state index contributed by atoms with van der Waals surface area (Å²) in [7, 11) is 1.85. The van der Waals surface area contributed by atoms with Crippen molar-refractivity contribution in [2.24, 2.45) is 7.05 Å². The van der Waals surface area contributed by atoms with Crippen molar-refractivity contribution in [3.05, 3.63) is 35.9 Å². The molecule has 0 amide bonds. The Bertz CT molecular complexity index is 448. The fourth-order valence-electron chi connectivity index (χ4n) is 1.39. The lowest BCUT2D eigenvalue weighted by molar-refractivity contribution is 0.663. The standard InChI is InChI=1S/C11H15N5S.ClH/c1-16-11(13-14-15-16)17-8-7-12-9-10-5-3-2-4-6-10;/h2-6,12H,7-9H2,1H3;1H. The minimum Gasteiger partial charge on any atom is -0.312 e. The average Bonchev–Trinajstić information content (AvgIpc) is 2.76. The zero-order valence-corrected chi connectivity index (χ0v) is 11.7. The Morgan fingerprint density at radius 2 is 2.06 bits per heavy atom. The van der Waals surface area contributed by atoms with Gasteiger partial charge in [0.25, 0.3) is 0 Å². The van der Waals surface area contributed by atoms with Gasteiger partial charge >= 0.3 is 0 Å². The van der Waals surface area contributed by atoms with E-state index in [4.69, 9.17) is 0 Å². The number of thioether (sulfide) groups is 1. The average molecular weight is 286 g/mol. The molecular weight excluding hydrogens is 270 g/mol. The molecule has 0 saturated carbocycles. The highest BCUT2D eigenvalue weighted by atomic mass is 35.5. The molecular formula is C11H16ClN5S. The van der Waals surface area contributed by atoms with Crippen molar-refractivity contribution < 1.29 is 0 Å². The second-order valence-electron chi connectivity index (χ2n) is 3.60. The van der Waals surface area contributed by atoms with Gasteiger partial charge < -0.3 is 5.32 Å². The molecule has 98 valence electrons. The summed E-state index contributed by atoms with van der Waals surface area (Å²) >= 11 is 1.65. The topological polar surface area (TPSA) is 55.6 Å². The van der Waals surface area contributed by atoms with Gasteiger partial charge in [-0.1, -0.05) is 42.1 Å². The van der Waals surface area contributed by atoms with Crippen LogP contribution in [0.2, 0.25) is 0 Å². The van der Waals surface area contributed by atoms with Crippen molar-refractivity contribution in [3.63, 3.8) is 0 Å². The van der Waals surface area contributed by atoms with Gasteiger partial charge in [0, 0.05) is 25.9 Å². The molecule has 1 aromatic carbocycles. The smallest absolute Gasteiger partial charge is 0.209 e. The van der Waals surface area contributed by atoms with Crippen molar-refractivity contribution in [3.8, 4) is 0 Å². The van der Waals surface area contributed by atoms with Gasteiger partial charge in [0.2, 0.25) is 5.16 Å². The molecule has 1 heterocycles. The summed E-state index contributed by atoms with van der Waals surface area (Å²) in [5.41, 5.74) is 1.30. The first-order chi connectivity index (χ1) is 8.36. The van der Waals surface area contributed by atoms with Gasteiger partial charge in [0.1, 0.15) is 0 Å². The van der Waals surface area contributed by atoms with E-state index in [9.17, 15) is 0 Å². The van der Waals surface area contributed by atoms with E-state index in [2.05, 4.69) is 45.1 Å². The highest BCUT2D eigenvalue weighted by molar-refractivity contribution is 7.99. The number of hydrogen-bond acceptors (Lipinski definition) is 5. The Hall–Kier alpha value is -1.11. The Morgan fingerprint density at radius 1 is 1.28 bits per heavy atom. The second-order valence-corrected chi connectivity index (χ2v) is 4.66. The maximum absolute atomic E-state index is 3.91. The highest BCUT2D eigenvalue weighted by Crippen LogP contribution is 2.10. The van der Waals surface area contributed by atoms with E-state index in [-0.39, 0.29) is 12.4 Å². The first-order valence-corrected chi connectivity index (χ1v) is 6.44. The van der Waals surface area contributed by atoms with Crippen LogP contribution in [0.25, 0.3) is 0 Å². The Morgan fingerprint density at radius 3 is 2.72 bits per heavy atom. The van der Waals surface area contributed by atoms with Crippen molar-refractivity contribution in [1.29, 1.82) is 0 Å². The molecule has 0 saturated heterocycles. The molecule has 0 aliphatic rings. The summed E-state index contributed by atoms with van der Waals surface area (Å²) < 4.78 is 1.68. The van der Waals surface area contributed by atoms with Crippen molar-refractivity contribution in [2.75, 3.05) is 12.3 Å². The van der Waals surface area contributed by atoms with Crippen molar-refractivity contribution in [2.45, 2.75) is 11.7 Å². The van der Waals surface area contributed by atoms with Crippen LogP contribution in [0.3, 0.4) is 0 Å². The van der Waals surface area contributed by atoms with Crippen LogP contribution in [0.1, 0.15) is 5.56 Å². The number of aryl methyl sites for hydroxylation is 1. The summed E-state index contributed by atoms with van der Waals surface area (Å²) in [5.74, 6) is 0.959. The van der Waals surface area contributed by atoms with Crippen molar-refractivity contribution in [1.82, 2.24) is 25.5 Å². The number of aromatic nitrogens is 4. The third-order valence-electron chi connectivity index (χ3n) is 2.26. The van der Waals surface area contributed by atoms with Gasteiger partial charge in [-0.15, -0.1) is 17.5 Å². The molecule has 0 radical (unpaired) electrons. The number of halogens is 1. The molecule has 0 aliphatic carbocycles. The molecule has 2 aromatic rings. The largest absolute Gasteiger partial charge is 0.312 e. The number of tetrazole rings is 1. The predicted molar refractivity (Wildman–Crippen MR) is 74.9 cm³/mol. The third kappa shape index (κ3) is 4.64. The molecule has 0 atom stereocenters. The predicted octanol–water partition coefficient (Wildman–Crippen LogP) is 1.51. The summed E-state index contributed by atoms with van der Waals surface area (Å²) in [5, 5.41) is 15.5. The van der Waals surface area contributed by atoms with Gasteiger partial charge in [0.05, 0.1) is 0 Å². The van der Waals surface area contributed by atoms with E-state index in [1.807, 2.05) is 13.1 Å². The summed E-state index contributed by atoms with van der Waals surface area (Å²) in [4.78, 5) is 0. The zero-order chi connectivity index (χ0) is 11.9. The van der Waals surface area contributed by atoms with E-state index in [0.29, 0.717) is 0 Å². The van der Waals surface area contributed by atoms with Gasteiger partial charge in [-0.25, -0.2) is 4.68 Å². The van der Waals surface area contributed by atoms with Crippen LogP contribution in [0, 0.1) is 0 Å². The van der Waals surface area contributed by atoms with E-state index in [1.54, 1.807) is 16.4 Å². The molecule has 1 aromatic heterocycles. The first-order valence-electron chi connectivity index (χ1n) is 5.46. The fourth-order valence-corrected chi connectivity index (χ4v) is 2.13. The number of rotatable bonds is 6. The van der Waals surface area contributed by atoms with E-state index in [0.717, 1.165) is 24.0 Å². The second kappa shape index (κ2) is 8.07. The molecule has 2 rings (SSSR count).